The van der Waals surface area contributed by atoms with Crippen LogP contribution in [-0.4, -0.2) is 18.5 Å². The Balaban J connectivity index is 1.37. The molecule has 0 N–H and O–H groups in total. The fourth-order valence-electron chi connectivity index (χ4n) is 3.94. The van der Waals surface area contributed by atoms with Gasteiger partial charge in [0.1, 0.15) is 12.4 Å². The Morgan fingerprint density at radius 2 is 1.58 bits per heavy atom. The van der Waals surface area contributed by atoms with E-state index in [9.17, 15) is 9.18 Å². The molecular weight excluding hydrogens is 505 g/mol. The fourth-order valence-corrected chi connectivity index (χ4v) is 4.21. The van der Waals surface area contributed by atoms with Gasteiger partial charge in [0.15, 0.2) is 17.2 Å². The highest BCUT2D eigenvalue weighted by Gasteiger charge is 2.24. The fraction of sp³-hybridized carbons (Fsp3) is 0.0968. The van der Waals surface area contributed by atoms with Crippen LogP contribution in [0.1, 0.15) is 23.6 Å². The predicted molar refractivity (Wildman–Crippen MR) is 146 cm³/mol. The first kappa shape index (κ1) is 25.2. The van der Waals surface area contributed by atoms with Gasteiger partial charge in [0.05, 0.1) is 11.6 Å². The number of cyclic esters (lactones) is 1. The Bertz CT molecular complexity index is 1510. The monoisotopic (exact) mass is 527 g/mol. The van der Waals surface area contributed by atoms with Crippen LogP contribution in [0.2, 0.25) is 5.02 Å². The topological polar surface area (TPSA) is 57.1 Å². The number of aliphatic imine (C=N–C) groups is 1. The molecule has 0 saturated heterocycles. The standard InChI is InChI=1S/C31H23ClFNO4/c1-2-36-28-18-21(16-26(32)29(28)37-19-20-8-14-25(33)15-9-20)17-27-31(35)38-30(34-27)24-12-10-23(11-13-24)22-6-4-3-5-7-22/h3-18H,2,19H2,1H3/b27-17-. The van der Waals surface area contributed by atoms with Crippen LogP contribution < -0.4 is 9.47 Å². The summed E-state index contributed by atoms with van der Waals surface area (Å²) in [6.45, 7) is 2.41. The SMILES string of the molecule is CCOc1cc(/C=C2\N=C(c3ccc(-c4ccccc4)cc3)OC2=O)cc(Cl)c1OCc1ccc(F)cc1. The van der Waals surface area contributed by atoms with E-state index in [0.717, 1.165) is 16.7 Å². The summed E-state index contributed by atoms with van der Waals surface area (Å²) in [5.74, 6) is 0.131. The quantitative estimate of drug-likeness (QED) is 0.176. The van der Waals surface area contributed by atoms with Gasteiger partial charge >= 0.3 is 5.97 Å². The maximum atomic E-state index is 13.2. The van der Waals surface area contributed by atoms with Gasteiger partial charge in [-0.25, -0.2) is 14.2 Å². The Morgan fingerprint density at radius 1 is 0.895 bits per heavy atom. The summed E-state index contributed by atoms with van der Waals surface area (Å²) < 4.78 is 30.3. The minimum atomic E-state index is -0.558. The number of ether oxygens (including phenoxy) is 3. The zero-order valence-electron chi connectivity index (χ0n) is 20.5. The average molecular weight is 528 g/mol. The van der Waals surface area contributed by atoms with Crippen molar-refractivity contribution >= 4 is 29.5 Å². The van der Waals surface area contributed by atoms with E-state index in [1.165, 1.54) is 12.1 Å². The lowest BCUT2D eigenvalue weighted by atomic mass is 10.0. The van der Waals surface area contributed by atoms with Gasteiger partial charge in [0.25, 0.3) is 0 Å². The zero-order chi connectivity index (χ0) is 26.5. The summed E-state index contributed by atoms with van der Waals surface area (Å²) in [5.41, 5.74) is 4.36. The summed E-state index contributed by atoms with van der Waals surface area (Å²) >= 11 is 6.53. The van der Waals surface area contributed by atoms with Crippen molar-refractivity contribution in [2.75, 3.05) is 6.61 Å². The summed E-state index contributed by atoms with van der Waals surface area (Å²) in [5, 5.41) is 0.303. The molecule has 0 amide bonds. The number of benzene rings is 4. The van der Waals surface area contributed by atoms with Gasteiger partial charge in [0.2, 0.25) is 5.90 Å². The van der Waals surface area contributed by atoms with Gasteiger partial charge in [-0.2, -0.15) is 0 Å². The van der Waals surface area contributed by atoms with Gasteiger partial charge in [-0.1, -0.05) is 66.2 Å². The van der Waals surface area contributed by atoms with Crippen molar-refractivity contribution in [2.24, 2.45) is 4.99 Å². The van der Waals surface area contributed by atoms with Gasteiger partial charge in [-0.3, -0.25) is 0 Å². The smallest absolute Gasteiger partial charge is 0.363 e. The molecule has 0 bridgehead atoms. The molecule has 4 aromatic carbocycles. The second-order valence-electron chi connectivity index (χ2n) is 8.46. The van der Waals surface area contributed by atoms with Crippen LogP contribution >= 0.6 is 11.6 Å². The van der Waals surface area contributed by atoms with Crippen LogP contribution in [0.25, 0.3) is 17.2 Å². The lowest BCUT2D eigenvalue weighted by Gasteiger charge is -2.14. The molecule has 1 aliphatic heterocycles. The number of carbonyl (C=O) groups is 1. The largest absolute Gasteiger partial charge is 0.490 e. The van der Waals surface area contributed by atoms with E-state index in [1.54, 1.807) is 30.3 Å². The van der Waals surface area contributed by atoms with Crippen molar-refractivity contribution in [3.05, 3.63) is 124 Å². The molecule has 0 aromatic heterocycles. The molecule has 0 aliphatic carbocycles. The molecule has 7 heteroatoms. The molecule has 5 rings (SSSR count). The highest BCUT2D eigenvalue weighted by atomic mass is 35.5. The van der Waals surface area contributed by atoms with E-state index in [2.05, 4.69) is 4.99 Å². The molecular formula is C31H23ClFNO4. The van der Waals surface area contributed by atoms with Gasteiger partial charge in [-0.15, -0.1) is 0 Å². The Labute approximate surface area is 224 Å². The Morgan fingerprint density at radius 3 is 2.29 bits per heavy atom. The van der Waals surface area contributed by atoms with E-state index >= 15 is 0 Å². The summed E-state index contributed by atoms with van der Waals surface area (Å²) in [6, 6.07) is 27.0. The van der Waals surface area contributed by atoms with Crippen molar-refractivity contribution in [1.82, 2.24) is 0 Å². The first-order valence-corrected chi connectivity index (χ1v) is 12.4. The Kier molecular flexibility index (Phi) is 7.52. The second-order valence-corrected chi connectivity index (χ2v) is 8.86. The number of hydrogen-bond donors (Lipinski definition) is 0. The summed E-state index contributed by atoms with van der Waals surface area (Å²) in [7, 11) is 0. The maximum absolute atomic E-state index is 13.2. The predicted octanol–water partition coefficient (Wildman–Crippen LogP) is 7.47. The van der Waals surface area contributed by atoms with E-state index < -0.39 is 5.97 Å². The molecule has 0 saturated carbocycles. The van der Waals surface area contributed by atoms with Crippen LogP contribution in [0, 0.1) is 5.82 Å². The van der Waals surface area contributed by atoms with Crippen molar-refractivity contribution in [2.45, 2.75) is 13.5 Å². The molecule has 4 aromatic rings. The third kappa shape index (κ3) is 5.76. The van der Waals surface area contributed by atoms with E-state index in [1.807, 2.05) is 61.5 Å². The number of hydrogen-bond acceptors (Lipinski definition) is 5. The average Bonchev–Trinajstić information content (AvgIpc) is 3.30. The summed E-state index contributed by atoms with van der Waals surface area (Å²) in [4.78, 5) is 17.0. The Hall–Kier alpha value is -4.42. The molecule has 190 valence electrons. The number of nitrogens with zero attached hydrogens (tertiary/aromatic N) is 1. The molecule has 5 nitrogen and oxygen atoms in total. The van der Waals surface area contributed by atoms with Gasteiger partial charge in [0, 0.05) is 5.56 Å². The maximum Gasteiger partial charge on any atom is 0.363 e. The highest BCUT2D eigenvalue weighted by molar-refractivity contribution is 6.32. The molecule has 0 atom stereocenters. The van der Waals surface area contributed by atoms with Crippen LogP contribution in [0.5, 0.6) is 11.5 Å². The molecule has 0 fully saturated rings. The number of carbonyl (C=O) groups excluding carboxylic acids is 1. The first-order valence-electron chi connectivity index (χ1n) is 12.0. The summed E-state index contributed by atoms with van der Waals surface area (Å²) in [6.07, 6.45) is 1.59. The van der Waals surface area contributed by atoms with Crippen molar-refractivity contribution in [1.29, 1.82) is 0 Å². The molecule has 1 aliphatic rings. The zero-order valence-corrected chi connectivity index (χ0v) is 21.2. The molecule has 0 radical (unpaired) electrons. The van der Waals surface area contributed by atoms with Crippen LogP contribution in [0.4, 0.5) is 4.39 Å². The van der Waals surface area contributed by atoms with Crippen molar-refractivity contribution in [3.8, 4) is 22.6 Å². The van der Waals surface area contributed by atoms with E-state index in [0.29, 0.717) is 34.3 Å². The van der Waals surface area contributed by atoms with Crippen molar-refractivity contribution < 1.29 is 23.4 Å². The van der Waals surface area contributed by atoms with Gasteiger partial charge in [-0.05, 0) is 71.7 Å². The van der Waals surface area contributed by atoms with E-state index in [-0.39, 0.29) is 24.0 Å². The minimum Gasteiger partial charge on any atom is -0.490 e. The van der Waals surface area contributed by atoms with Crippen LogP contribution in [0.15, 0.2) is 102 Å². The number of halogens is 2. The molecule has 1 heterocycles. The second kappa shape index (κ2) is 11.3. The van der Waals surface area contributed by atoms with Crippen molar-refractivity contribution in [3.63, 3.8) is 0 Å². The molecule has 0 spiro atoms. The van der Waals surface area contributed by atoms with E-state index in [4.69, 9.17) is 25.8 Å². The first-order chi connectivity index (χ1) is 18.5. The third-order valence-corrected chi connectivity index (χ3v) is 6.07. The lowest BCUT2D eigenvalue weighted by Crippen LogP contribution is -2.05. The van der Waals surface area contributed by atoms with Crippen LogP contribution in [-0.2, 0) is 16.1 Å². The van der Waals surface area contributed by atoms with Crippen LogP contribution in [0.3, 0.4) is 0 Å². The molecule has 38 heavy (non-hydrogen) atoms. The number of esters is 1. The molecule has 0 unspecified atom stereocenters. The third-order valence-electron chi connectivity index (χ3n) is 5.79. The van der Waals surface area contributed by atoms with Gasteiger partial charge < -0.3 is 14.2 Å². The lowest BCUT2D eigenvalue weighted by molar-refractivity contribution is -0.129. The normalized spacial score (nSPS) is 13.8. The minimum absolute atomic E-state index is 0.144. The number of rotatable bonds is 8. The highest BCUT2D eigenvalue weighted by Crippen LogP contribution is 2.38.